The van der Waals surface area contributed by atoms with Crippen molar-refractivity contribution in [3.05, 3.63) is 48.5 Å². The number of para-hydroxylation sites is 1. The molecule has 6 nitrogen and oxygen atoms in total. The Morgan fingerprint density at radius 1 is 0.920 bits per heavy atom. The maximum Gasteiger partial charge on any atom is 0.415 e. The molecule has 2 aromatic carbocycles. The van der Waals surface area contributed by atoms with Gasteiger partial charge < -0.3 is 19.1 Å². The van der Waals surface area contributed by atoms with Crippen LogP contribution >= 0.6 is 0 Å². The Balaban J connectivity index is 1.48. The van der Waals surface area contributed by atoms with E-state index < -0.39 is 5.60 Å². The van der Waals surface area contributed by atoms with Gasteiger partial charge in [0.15, 0.2) is 17.1 Å². The molecule has 1 spiro atoms. The minimum Gasteiger partial charge on any atom is -0.493 e. The maximum absolute atomic E-state index is 12.3. The maximum atomic E-state index is 12.3. The van der Waals surface area contributed by atoms with Crippen LogP contribution in [0, 0.1) is 0 Å². The first kappa shape index (κ1) is 15.6. The highest BCUT2D eigenvalue weighted by atomic mass is 16.6. The highest BCUT2D eigenvalue weighted by Crippen LogP contribution is 2.39. The molecule has 0 saturated carbocycles. The first-order valence-electron chi connectivity index (χ1n) is 8.17. The number of ether oxygens (including phenoxy) is 3. The average Bonchev–Trinajstić information content (AvgIpc) is 2.98. The Morgan fingerprint density at radius 3 is 2.32 bits per heavy atom. The van der Waals surface area contributed by atoms with E-state index in [0.717, 1.165) is 11.4 Å². The second kappa shape index (κ2) is 5.88. The number of anilines is 2. The van der Waals surface area contributed by atoms with Gasteiger partial charge in [0.25, 0.3) is 0 Å². The summed E-state index contributed by atoms with van der Waals surface area (Å²) in [5.41, 5.74) is 1.45. The molecule has 2 heterocycles. The predicted octanol–water partition coefficient (Wildman–Crippen LogP) is 2.92. The van der Waals surface area contributed by atoms with Gasteiger partial charge in [-0.25, -0.2) is 4.79 Å². The molecule has 0 atom stereocenters. The molecular weight excluding hydrogens is 320 g/mol. The van der Waals surface area contributed by atoms with Crippen molar-refractivity contribution < 1.29 is 19.0 Å². The van der Waals surface area contributed by atoms with Crippen LogP contribution in [-0.2, 0) is 4.74 Å². The normalized spacial score (nSPS) is 18.1. The summed E-state index contributed by atoms with van der Waals surface area (Å²) >= 11 is 0. The Kier molecular flexibility index (Phi) is 3.67. The van der Waals surface area contributed by atoms with E-state index >= 15 is 0 Å². The van der Waals surface area contributed by atoms with E-state index in [4.69, 9.17) is 14.2 Å². The lowest BCUT2D eigenvalue weighted by molar-refractivity contribution is 0.0332. The third-order valence-corrected chi connectivity index (χ3v) is 4.73. The highest BCUT2D eigenvalue weighted by molar-refractivity contribution is 5.90. The van der Waals surface area contributed by atoms with Gasteiger partial charge in [-0.3, -0.25) is 4.90 Å². The fraction of sp³-hybridized carbons (Fsp3) is 0.316. The highest BCUT2D eigenvalue weighted by Gasteiger charge is 2.54. The molecule has 2 aliphatic heterocycles. The lowest BCUT2D eigenvalue weighted by Gasteiger charge is -2.47. The number of hydrogen-bond acceptors (Lipinski definition) is 5. The van der Waals surface area contributed by atoms with Crippen LogP contribution in [-0.4, -0.2) is 45.5 Å². The van der Waals surface area contributed by atoms with E-state index in [1.807, 2.05) is 48.5 Å². The van der Waals surface area contributed by atoms with Crippen molar-refractivity contribution in [3.8, 4) is 11.5 Å². The van der Waals surface area contributed by atoms with Gasteiger partial charge in [-0.15, -0.1) is 0 Å². The van der Waals surface area contributed by atoms with Crippen molar-refractivity contribution in [2.45, 2.75) is 5.60 Å². The molecule has 0 N–H and O–H groups in total. The first-order chi connectivity index (χ1) is 12.1. The Hall–Kier alpha value is -2.89. The van der Waals surface area contributed by atoms with Crippen LogP contribution in [0.25, 0.3) is 0 Å². The number of amides is 1. The quantitative estimate of drug-likeness (QED) is 0.857. The second-order valence-electron chi connectivity index (χ2n) is 6.37. The van der Waals surface area contributed by atoms with Crippen LogP contribution in [0.4, 0.5) is 16.2 Å². The van der Waals surface area contributed by atoms with E-state index in [-0.39, 0.29) is 6.09 Å². The lowest BCUT2D eigenvalue weighted by Crippen LogP contribution is -2.64. The zero-order valence-corrected chi connectivity index (χ0v) is 14.3. The fourth-order valence-corrected chi connectivity index (χ4v) is 3.45. The number of carbonyl (C=O) groups is 1. The standard InChI is InChI=1S/C19H20N2O4/c1-23-16-9-8-15(10-17(16)24-2)20-11-19(12-20)13-21(18(22)25-19)14-6-4-3-5-7-14/h3-10H,11-13H2,1-2H3. The van der Waals surface area contributed by atoms with Crippen LogP contribution in [0.1, 0.15) is 0 Å². The number of carbonyl (C=O) groups excluding carboxylic acids is 1. The van der Waals surface area contributed by atoms with Crippen molar-refractivity contribution >= 4 is 17.5 Å². The summed E-state index contributed by atoms with van der Waals surface area (Å²) in [6.45, 7) is 1.90. The minimum absolute atomic E-state index is 0.279. The SMILES string of the molecule is COc1ccc(N2CC3(C2)CN(c2ccccc2)C(=O)O3)cc1OC. The van der Waals surface area contributed by atoms with E-state index in [1.54, 1.807) is 19.1 Å². The van der Waals surface area contributed by atoms with E-state index in [9.17, 15) is 4.79 Å². The van der Waals surface area contributed by atoms with E-state index in [2.05, 4.69) is 4.90 Å². The number of hydrogen-bond donors (Lipinski definition) is 0. The Morgan fingerprint density at radius 2 is 1.64 bits per heavy atom. The van der Waals surface area contributed by atoms with Gasteiger partial charge in [-0.2, -0.15) is 0 Å². The summed E-state index contributed by atoms with van der Waals surface area (Å²) in [6, 6.07) is 15.4. The summed E-state index contributed by atoms with van der Waals surface area (Å²) in [4.78, 5) is 16.1. The van der Waals surface area contributed by atoms with Gasteiger partial charge in [0, 0.05) is 17.4 Å². The molecule has 0 aromatic heterocycles. The summed E-state index contributed by atoms with van der Waals surface area (Å²) < 4.78 is 16.3. The van der Waals surface area contributed by atoms with Crippen molar-refractivity contribution in [2.75, 3.05) is 43.7 Å². The van der Waals surface area contributed by atoms with E-state index in [1.165, 1.54) is 0 Å². The largest absolute Gasteiger partial charge is 0.493 e. The molecule has 2 aliphatic rings. The summed E-state index contributed by atoms with van der Waals surface area (Å²) in [7, 11) is 3.24. The molecular formula is C19H20N2O4. The Bertz CT molecular complexity index is 787. The monoisotopic (exact) mass is 340 g/mol. The summed E-state index contributed by atoms with van der Waals surface area (Å²) in [6.07, 6.45) is -0.279. The summed E-state index contributed by atoms with van der Waals surface area (Å²) in [5, 5.41) is 0. The van der Waals surface area contributed by atoms with Crippen molar-refractivity contribution in [2.24, 2.45) is 0 Å². The van der Waals surface area contributed by atoms with Crippen LogP contribution in [0.15, 0.2) is 48.5 Å². The van der Waals surface area contributed by atoms with Gasteiger partial charge in [0.2, 0.25) is 0 Å². The fourth-order valence-electron chi connectivity index (χ4n) is 3.45. The third kappa shape index (κ3) is 2.63. The van der Waals surface area contributed by atoms with Crippen molar-refractivity contribution in [3.63, 3.8) is 0 Å². The molecule has 0 aliphatic carbocycles. The zero-order valence-electron chi connectivity index (χ0n) is 14.3. The smallest absolute Gasteiger partial charge is 0.415 e. The molecule has 2 saturated heterocycles. The Labute approximate surface area is 146 Å². The van der Waals surface area contributed by atoms with Gasteiger partial charge in [0.05, 0.1) is 33.9 Å². The van der Waals surface area contributed by atoms with E-state index in [0.29, 0.717) is 31.1 Å². The molecule has 0 radical (unpaired) electrons. The number of nitrogens with zero attached hydrogens (tertiary/aromatic N) is 2. The van der Waals surface area contributed by atoms with Crippen molar-refractivity contribution in [1.82, 2.24) is 0 Å². The summed E-state index contributed by atoms with van der Waals surface area (Å²) in [5.74, 6) is 1.39. The topological polar surface area (TPSA) is 51.2 Å². The van der Waals surface area contributed by atoms with Crippen LogP contribution in [0.3, 0.4) is 0 Å². The minimum atomic E-state index is -0.444. The lowest BCUT2D eigenvalue weighted by atomic mass is 9.93. The molecule has 130 valence electrons. The molecule has 6 heteroatoms. The molecule has 0 bridgehead atoms. The van der Waals surface area contributed by atoms with Gasteiger partial charge in [0.1, 0.15) is 0 Å². The van der Waals surface area contributed by atoms with Crippen molar-refractivity contribution in [1.29, 1.82) is 0 Å². The van der Waals surface area contributed by atoms with Gasteiger partial charge >= 0.3 is 6.09 Å². The molecule has 2 fully saturated rings. The van der Waals surface area contributed by atoms with Crippen LogP contribution < -0.4 is 19.3 Å². The zero-order chi connectivity index (χ0) is 17.4. The van der Waals surface area contributed by atoms with Crippen LogP contribution in [0.5, 0.6) is 11.5 Å². The van der Waals surface area contributed by atoms with Crippen LogP contribution in [0.2, 0.25) is 0 Å². The molecule has 0 unspecified atom stereocenters. The van der Waals surface area contributed by atoms with Gasteiger partial charge in [-0.1, -0.05) is 18.2 Å². The first-order valence-corrected chi connectivity index (χ1v) is 8.17. The number of benzene rings is 2. The predicted molar refractivity (Wildman–Crippen MR) is 94.8 cm³/mol. The second-order valence-corrected chi connectivity index (χ2v) is 6.37. The molecule has 4 rings (SSSR count). The number of rotatable bonds is 4. The van der Waals surface area contributed by atoms with Gasteiger partial charge in [-0.05, 0) is 24.3 Å². The third-order valence-electron chi connectivity index (χ3n) is 4.73. The molecule has 25 heavy (non-hydrogen) atoms. The molecule has 1 amide bonds. The molecule has 2 aromatic rings. The number of methoxy groups -OCH3 is 2. The average molecular weight is 340 g/mol.